The Labute approximate surface area is 264 Å². The average Bonchev–Trinajstić information content (AvgIpc) is 3.57. The van der Waals surface area contributed by atoms with Gasteiger partial charge in [-0.1, -0.05) is 13.0 Å². The first-order valence-corrected chi connectivity index (χ1v) is 15.0. The lowest BCUT2D eigenvalue weighted by molar-refractivity contribution is -0.137. The zero-order valence-corrected chi connectivity index (χ0v) is 26.3. The Morgan fingerprint density at radius 3 is 2.57 bits per heavy atom. The normalized spacial score (nSPS) is 16.8. The maximum Gasteiger partial charge on any atom is 0.416 e. The van der Waals surface area contributed by atoms with Crippen molar-refractivity contribution in [1.29, 1.82) is 0 Å². The molecule has 46 heavy (non-hydrogen) atoms. The first-order chi connectivity index (χ1) is 21.7. The van der Waals surface area contributed by atoms with Gasteiger partial charge < -0.3 is 24.7 Å². The summed E-state index contributed by atoms with van der Waals surface area (Å²) < 4.78 is 52.6. The Morgan fingerprint density at radius 2 is 1.85 bits per heavy atom. The van der Waals surface area contributed by atoms with Gasteiger partial charge in [0, 0.05) is 31.5 Å². The zero-order valence-electron chi connectivity index (χ0n) is 26.3. The minimum atomic E-state index is -4.47. The number of nitrogens with one attached hydrogen (secondary N) is 2. The van der Waals surface area contributed by atoms with E-state index in [1.807, 2.05) is 29.8 Å². The van der Waals surface area contributed by atoms with E-state index in [-0.39, 0.29) is 17.6 Å². The number of alkyl halides is 3. The fourth-order valence-electron chi connectivity index (χ4n) is 5.39. The number of benzene rings is 2. The quantitative estimate of drug-likeness (QED) is 0.213. The molecule has 0 radical (unpaired) electrons. The number of anilines is 2. The molecule has 3 heterocycles. The van der Waals surface area contributed by atoms with Crippen molar-refractivity contribution in [3.05, 3.63) is 72.2 Å². The lowest BCUT2D eigenvalue weighted by atomic mass is 10.1. The highest BCUT2D eigenvalue weighted by molar-refractivity contribution is 5.88. The Balaban J connectivity index is 1.25. The maximum absolute atomic E-state index is 13.1. The van der Waals surface area contributed by atoms with Gasteiger partial charge in [0.2, 0.25) is 5.91 Å². The summed E-state index contributed by atoms with van der Waals surface area (Å²) in [4.78, 5) is 36.2. The van der Waals surface area contributed by atoms with Gasteiger partial charge in [0.05, 0.1) is 11.1 Å². The second kappa shape index (κ2) is 12.9. The fraction of sp³-hybridized carbons (Fsp3) is 0.394. The molecule has 2 amide bonds. The number of aromatic nitrogens is 3. The molecule has 10 nitrogen and oxygen atoms in total. The van der Waals surface area contributed by atoms with E-state index in [0.717, 1.165) is 17.6 Å². The molecule has 0 spiro atoms. The van der Waals surface area contributed by atoms with Gasteiger partial charge in [0.25, 0.3) is 0 Å². The Hall–Kier alpha value is -4.81. The number of ether oxygens (including phenoxy) is 2. The Bertz CT molecular complexity index is 1730. The van der Waals surface area contributed by atoms with Gasteiger partial charge in [0.1, 0.15) is 35.0 Å². The molecule has 0 aliphatic carbocycles. The molecule has 13 heteroatoms. The van der Waals surface area contributed by atoms with E-state index in [4.69, 9.17) is 9.47 Å². The molecule has 2 aromatic carbocycles. The molecule has 1 fully saturated rings. The van der Waals surface area contributed by atoms with E-state index in [0.29, 0.717) is 54.4 Å². The van der Waals surface area contributed by atoms with Crippen LogP contribution in [0.2, 0.25) is 0 Å². The molecule has 5 rings (SSSR count). The first kappa shape index (κ1) is 32.6. The fourth-order valence-corrected chi connectivity index (χ4v) is 5.39. The lowest BCUT2D eigenvalue weighted by Gasteiger charge is -2.28. The summed E-state index contributed by atoms with van der Waals surface area (Å²) in [7, 11) is 0. The molecular formula is C33H37F3N6O4. The largest absolute Gasteiger partial charge is 0.457 e. The smallest absolute Gasteiger partial charge is 0.416 e. The van der Waals surface area contributed by atoms with Crippen molar-refractivity contribution in [3.63, 3.8) is 0 Å². The molecule has 0 bridgehead atoms. The van der Waals surface area contributed by atoms with Crippen LogP contribution in [0.15, 0.2) is 61.1 Å². The molecular weight excluding hydrogens is 601 g/mol. The topological polar surface area (TPSA) is 111 Å². The number of likely N-dealkylation sites (tertiary alicyclic amines) is 1. The molecule has 244 valence electrons. The highest BCUT2D eigenvalue weighted by Crippen LogP contribution is 2.34. The number of aryl methyl sites for hydroxylation is 1. The van der Waals surface area contributed by atoms with Gasteiger partial charge >= 0.3 is 12.3 Å². The average molecular weight is 639 g/mol. The number of nitrogens with zero attached hydrogens (tertiary/aromatic N) is 4. The van der Waals surface area contributed by atoms with E-state index in [1.165, 1.54) is 23.4 Å². The van der Waals surface area contributed by atoms with Gasteiger partial charge in [-0.05, 0) is 88.1 Å². The van der Waals surface area contributed by atoms with Crippen molar-refractivity contribution in [1.82, 2.24) is 24.8 Å². The molecule has 2 N–H and O–H groups in total. The number of fused-ring (bicyclic) bond motifs is 1. The van der Waals surface area contributed by atoms with Gasteiger partial charge in [-0.2, -0.15) is 13.2 Å². The Kier molecular flexibility index (Phi) is 9.13. The molecule has 1 saturated heterocycles. The molecule has 2 atom stereocenters. The summed E-state index contributed by atoms with van der Waals surface area (Å²) in [5.41, 5.74) is 1.37. The molecule has 2 aromatic heterocycles. The van der Waals surface area contributed by atoms with Crippen LogP contribution in [0.4, 0.5) is 29.5 Å². The van der Waals surface area contributed by atoms with Gasteiger partial charge in [-0.3, -0.25) is 9.69 Å². The molecule has 2 unspecified atom stereocenters. The number of rotatable bonds is 8. The van der Waals surface area contributed by atoms with E-state index in [1.54, 1.807) is 39.8 Å². The number of carbonyl (C=O) groups is 2. The predicted octanol–water partition coefficient (Wildman–Crippen LogP) is 7.06. The third-order valence-electron chi connectivity index (χ3n) is 7.47. The summed E-state index contributed by atoms with van der Waals surface area (Å²) in [6.45, 7) is 10.4. The van der Waals surface area contributed by atoms with Crippen LogP contribution in [0.3, 0.4) is 0 Å². The zero-order chi connectivity index (χ0) is 33.2. The van der Waals surface area contributed by atoms with E-state index in [9.17, 15) is 22.8 Å². The lowest BCUT2D eigenvalue weighted by Crippen LogP contribution is -2.48. The Morgan fingerprint density at radius 1 is 1.07 bits per heavy atom. The highest BCUT2D eigenvalue weighted by atomic mass is 19.4. The predicted molar refractivity (Wildman–Crippen MR) is 167 cm³/mol. The summed E-state index contributed by atoms with van der Waals surface area (Å²) in [5, 5.41) is 6.26. The number of hydrogen-bond acceptors (Lipinski definition) is 7. The summed E-state index contributed by atoms with van der Waals surface area (Å²) in [6.07, 6.45) is -1.10. The number of halogens is 3. The number of carbonyl (C=O) groups excluding carboxylic acids is 2. The second-order valence-corrected chi connectivity index (χ2v) is 12.5. The van der Waals surface area contributed by atoms with E-state index in [2.05, 4.69) is 20.6 Å². The molecule has 0 saturated carbocycles. The van der Waals surface area contributed by atoms with Crippen molar-refractivity contribution >= 4 is 34.5 Å². The van der Waals surface area contributed by atoms with Crippen LogP contribution in [0.25, 0.3) is 11.0 Å². The third-order valence-corrected chi connectivity index (χ3v) is 7.47. The molecule has 1 aliphatic rings. The van der Waals surface area contributed by atoms with Crippen LogP contribution in [-0.4, -0.2) is 56.2 Å². The third kappa shape index (κ3) is 7.69. The summed E-state index contributed by atoms with van der Waals surface area (Å²) in [6, 6.07) is 11.2. The summed E-state index contributed by atoms with van der Waals surface area (Å²) >= 11 is 0. The molecule has 4 aromatic rings. The number of amides is 2. The van der Waals surface area contributed by atoms with Crippen LogP contribution < -0.4 is 15.4 Å². The maximum atomic E-state index is 13.1. The van der Waals surface area contributed by atoms with E-state index < -0.39 is 29.5 Å². The van der Waals surface area contributed by atoms with Crippen molar-refractivity contribution in [2.24, 2.45) is 5.92 Å². The second-order valence-electron chi connectivity index (χ2n) is 12.5. The van der Waals surface area contributed by atoms with Crippen molar-refractivity contribution < 1.29 is 32.2 Å². The van der Waals surface area contributed by atoms with Crippen molar-refractivity contribution in [3.8, 4) is 11.5 Å². The minimum absolute atomic E-state index is 0.0843. The van der Waals surface area contributed by atoms with Gasteiger partial charge in [-0.25, -0.2) is 14.8 Å². The number of hydrogen-bond donors (Lipinski definition) is 2. The van der Waals surface area contributed by atoms with Gasteiger partial charge in [-0.15, -0.1) is 0 Å². The highest BCUT2D eigenvalue weighted by Gasteiger charge is 2.39. The van der Waals surface area contributed by atoms with Crippen molar-refractivity contribution in [2.45, 2.75) is 65.4 Å². The minimum Gasteiger partial charge on any atom is -0.457 e. The van der Waals surface area contributed by atoms with Crippen LogP contribution in [0.5, 0.6) is 11.5 Å². The van der Waals surface area contributed by atoms with Crippen LogP contribution >= 0.6 is 0 Å². The van der Waals surface area contributed by atoms with Crippen LogP contribution in [-0.2, 0) is 22.3 Å². The van der Waals surface area contributed by atoms with Crippen molar-refractivity contribution in [2.75, 3.05) is 18.4 Å². The van der Waals surface area contributed by atoms with Crippen LogP contribution in [0, 0.1) is 12.8 Å². The summed E-state index contributed by atoms with van der Waals surface area (Å²) in [5.74, 6) is 0.976. The van der Waals surface area contributed by atoms with Gasteiger partial charge in [0.15, 0.2) is 5.82 Å². The first-order valence-electron chi connectivity index (χ1n) is 15.0. The standard InChI is InChI=1S/C33H37F3N6O4/c1-20-15-26(42(18-20)31(44)46-32(3,4)5)30(43)37-12-14-41-13-11-25-28(41)29(39-19-38-25)40-23-9-10-27(21(2)16-23)45-24-8-6-7-22(17-24)33(34,35)36/h6-11,13,16-17,19-20,26H,12,14-15,18H2,1-5H3,(H,37,43)(H,38,39,40). The molecule has 1 aliphatic heterocycles. The monoisotopic (exact) mass is 638 g/mol. The van der Waals surface area contributed by atoms with Crippen LogP contribution in [0.1, 0.15) is 45.2 Å². The SMILES string of the molecule is Cc1cc(Nc2ncnc3ccn(CCNC(=O)C4CC(C)CN4C(=O)OC(C)(C)C)c23)ccc1Oc1cccc(C(F)(F)F)c1. The van der Waals surface area contributed by atoms with E-state index >= 15 is 0 Å².